The van der Waals surface area contributed by atoms with Crippen LogP contribution in [0.3, 0.4) is 0 Å². The lowest BCUT2D eigenvalue weighted by Crippen LogP contribution is -2.20. The lowest BCUT2D eigenvalue weighted by Gasteiger charge is -2.16. The fourth-order valence-electron chi connectivity index (χ4n) is 2.04. The minimum Gasteiger partial charge on any atom is -0.310 e. The molecule has 0 heterocycles. The van der Waals surface area contributed by atoms with Gasteiger partial charge in [-0.3, -0.25) is 0 Å². The predicted octanol–water partition coefficient (Wildman–Crippen LogP) is 4.37. The maximum Gasteiger partial charge on any atom is 0.0683 e. The quantitative estimate of drug-likeness (QED) is 0.737. The summed E-state index contributed by atoms with van der Waals surface area (Å²) in [7, 11) is 0. The molecule has 0 spiro atoms. The second kappa shape index (κ2) is 7.31. The van der Waals surface area contributed by atoms with Gasteiger partial charge in [-0.2, -0.15) is 5.26 Å². The first-order chi connectivity index (χ1) is 8.94. The zero-order valence-electron chi connectivity index (χ0n) is 12.7. The third-order valence-electron chi connectivity index (χ3n) is 3.56. The SMILES string of the molecule is Cc1ccc([C@@H](C)NCCCCC(C)(C)C#N)cc1. The van der Waals surface area contributed by atoms with Crippen molar-refractivity contribution in [3.63, 3.8) is 0 Å². The van der Waals surface area contributed by atoms with Crippen LogP contribution in [0, 0.1) is 23.7 Å². The van der Waals surface area contributed by atoms with E-state index in [2.05, 4.69) is 49.5 Å². The molecule has 0 saturated heterocycles. The largest absolute Gasteiger partial charge is 0.310 e. The molecule has 0 aromatic heterocycles. The summed E-state index contributed by atoms with van der Waals surface area (Å²) in [4.78, 5) is 0. The Morgan fingerprint density at radius 1 is 1.21 bits per heavy atom. The third kappa shape index (κ3) is 5.89. The van der Waals surface area contributed by atoms with Gasteiger partial charge in [0.1, 0.15) is 0 Å². The summed E-state index contributed by atoms with van der Waals surface area (Å²) in [6.07, 6.45) is 3.21. The fourth-order valence-corrected chi connectivity index (χ4v) is 2.04. The summed E-state index contributed by atoms with van der Waals surface area (Å²) in [5, 5.41) is 12.5. The smallest absolute Gasteiger partial charge is 0.0683 e. The molecule has 2 nitrogen and oxygen atoms in total. The molecular weight excluding hydrogens is 232 g/mol. The molecule has 0 fully saturated rings. The maximum absolute atomic E-state index is 8.94. The molecule has 0 aliphatic carbocycles. The molecule has 0 amide bonds. The minimum absolute atomic E-state index is 0.178. The van der Waals surface area contributed by atoms with E-state index in [0.29, 0.717) is 6.04 Å². The molecule has 0 saturated carbocycles. The molecule has 1 rings (SSSR count). The number of nitrogens with one attached hydrogen (secondary N) is 1. The molecule has 0 radical (unpaired) electrons. The maximum atomic E-state index is 8.94. The highest BCUT2D eigenvalue weighted by molar-refractivity contribution is 5.23. The fraction of sp³-hybridized carbons (Fsp3) is 0.588. The van der Waals surface area contributed by atoms with Gasteiger partial charge in [-0.15, -0.1) is 0 Å². The molecule has 104 valence electrons. The minimum atomic E-state index is -0.178. The molecule has 1 atom stereocenters. The van der Waals surface area contributed by atoms with Crippen LogP contribution in [0.25, 0.3) is 0 Å². The number of nitrogens with zero attached hydrogens (tertiary/aromatic N) is 1. The topological polar surface area (TPSA) is 35.8 Å². The molecule has 1 aromatic carbocycles. The molecule has 0 aliphatic rings. The van der Waals surface area contributed by atoms with E-state index in [1.165, 1.54) is 11.1 Å². The average molecular weight is 258 g/mol. The highest BCUT2D eigenvalue weighted by atomic mass is 14.9. The van der Waals surface area contributed by atoms with Crippen molar-refractivity contribution in [2.75, 3.05) is 6.54 Å². The second-order valence-electron chi connectivity index (χ2n) is 6.04. The van der Waals surface area contributed by atoms with Crippen molar-refractivity contribution in [2.24, 2.45) is 5.41 Å². The number of hydrogen-bond acceptors (Lipinski definition) is 2. The van der Waals surface area contributed by atoms with E-state index in [9.17, 15) is 0 Å². The van der Waals surface area contributed by atoms with Crippen LogP contribution in [0.5, 0.6) is 0 Å². The van der Waals surface area contributed by atoms with Gasteiger partial charge in [-0.25, -0.2) is 0 Å². The Balaban J connectivity index is 2.23. The van der Waals surface area contributed by atoms with E-state index in [4.69, 9.17) is 5.26 Å². The molecule has 1 N–H and O–H groups in total. The Bertz CT molecular complexity index is 412. The normalized spacial score (nSPS) is 13.0. The Kier molecular flexibility index (Phi) is 6.05. The zero-order valence-corrected chi connectivity index (χ0v) is 12.7. The van der Waals surface area contributed by atoms with Gasteiger partial charge in [0.15, 0.2) is 0 Å². The second-order valence-corrected chi connectivity index (χ2v) is 6.04. The van der Waals surface area contributed by atoms with Crippen molar-refractivity contribution in [1.82, 2.24) is 5.32 Å². The van der Waals surface area contributed by atoms with Gasteiger partial charge in [-0.05, 0) is 52.6 Å². The number of nitriles is 1. The van der Waals surface area contributed by atoms with Crippen molar-refractivity contribution in [3.05, 3.63) is 35.4 Å². The van der Waals surface area contributed by atoms with Crippen molar-refractivity contribution in [2.45, 2.75) is 53.0 Å². The van der Waals surface area contributed by atoms with E-state index < -0.39 is 0 Å². The van der Waals surface area contributed by atoms with Crippen LogP contribution in [-0.2, 0) is 0 Å². The number of unbranched alkanes of at least 4 members (excludes halogenated alkanes) is 1. The highest BCUT2D eigenvalue weighted by Crippen LogP contribution is 2.21. The van der Waals surface area contributed by atoms with E-state index >= 15 is 0 Å². The van der Waals surface area contributed by atoms with Crippen LogP contribution in [0.15, 0.2) is 24.3 Å². The van der Waals surface area contributed by atoms with Gasteiger partial charge < -0.3 is 5.32 Å². The number of hydrogen-bond donors (Lipinski definition) is 1. The summed E-state index contributed by atoms with van der Waals surface area (Å²) in [6.45, 7) is 9.34. The average Bonchev–Trinajstić information content (AvgIpc) is 2.39. The Labute approximate surface area is 117 Å². The van der Waals surface area contributed by atoms with Crippen molar-refractivity contribution >= 4 is 0 Å². The van der Waals surface area contributed by atoms with Crippen LogP contribution < -0.4 is 5.32 Å². The Morgan fingerprint density at radius 2 is 1.84 bits per heavy atom. The van der Waals surface area contributed by atoms with Gasteiger partial charge in [0, 0.05) is 6.04 Å². The molecule has 0 aliphatic heterocycles. The van der Waals surface area contributed by atoms with Crippen LogP contribution in [0.2, 0.25) is 0 Å². The van der Waals surface area contributed by atoms with Crippen molar-refractivity contribution < 1.29 is 0 Å². The number of benzene rings is 1. The summed E-state index contributed by atoms with van der Waals surface area (Å²) in [5.41, 5.74) is 2.46. The number of rotatable bonds is 7. The Hall–Kier alpha value is -1.33. The highest BCUT2D eigenvalue weighted by Gasteiger charge is 2.15. The summed E-state index contributed by atoms with van der Waals surface area (Å²) in [5.74, 6) is 0. The third-order valence-corrected chi connectivity index (χ3v) is 3.56. The first kappa shape index (κ1) is 15.7. The van der Waals surface area contributed by atoms with Gasteiger partial charge in [0.2, 0.25) is 0 Å². The van der Waals surface area contributed by atoms with E-state index in [1.807, 2.05) is 13.8 Å². The predicted molar refractivity (Wildman–Crippen MR) is 80.8 cm³/mol. The van der Waals surface area contributed by atoms with Crippen LogP contribution in [0.4, 0.5) is 0 Å². The molecular formula is C17H26N2. The molecule has 0 bridgehead atoms. The molecule has 1 aromatic rings. The van der Waals surface area contributed by atoms with Crippen molar-refractivity contribution in [1.29, 1.82) is 5.26 Å². The summed E-state index contributed by atoms with van der Waals surface area (Å²) >= 11 is 0. The van der Waals surface area contributed by atoms with E-state index in [0.717, 1.165) is 25.8 Å². The first-order valence-electron chi connectivity index (χ1n) is 7.16. The standard InChI is InChI=1S/C17H26N2/c1-14-7-9-16(10-8-14)15(2)19-12-6-5-11-17(3,4)13-18/h7-10,15,19H,5-6,11-12H2,1-4H3/t15-/m1/s1. The lowest BCUT2D eigenvalue weighted by molar-refractivity contribution is 0.418. The van der Waals surface area contributed by atoms with Crippen LogP contribution in [-0.4, -0.2) is 6.54 Å². The lowest BCUT2D eigenvalue weighted by atomic mass is 9.89. The first-order valence-corrected chi connectivity index (χ1v) is 7.16. The van der Waals surface area contributed by atoms with Gasteiger partial charge >= 0.3 is 0 Å². The molecule has 0 unspecified atom stereocenters. The van der Waals surface area contributed by atoms with Crippen LogP contribution in [0.1, 0.15) is 57.2 Å². The van der Waals surface area contributed by atoms with Gasteiger partial charge in [0.25, 0.3) is 0 Å². The van der Waals surface area contributed by atoms with E-state index in [1.54, 1.807) is 0 Å². The van der Waals surface area contributed by atoms with Crippen molar-refractivity contribution in [3.8, 4) is 6.07 Å². The summed E-state index contributed by atoms with van der Waals surface area (Å²) < 4.78 is 0. The van der Waals surface area contributed by atoms with Crippen LogP contribution >= 0.6 is 0 Å². The monoisotopic (exact) mass is 258 g/mol. The molecule has 19 heavy (non-hydrogen) atoms. The Morgan fingerprint density at radius 3 is 2.42 bits per heavy atom. The zero-order chi connectivity index (χ0) is 14.3. The molecule has 2 heteroatoms. The number of aryl methyl sites for hydroxylation is 1. The van der Waals surface area contributed by atoms with Gasteiger partial charge in [-0.1, -0.05) is 36.2 Å². The van der Waals surface area contributed by atoms with E-state index in [-0.39, 0.29) is 5.41 Å². The summed E-state index contributed by atoms with van der Waals surface area (Å²) in [6, 6.07) is 11.4. The van der Waals surface area contributed by atoms with Gasteiger partial charge in [0.05, 0.1) is 11.5 Å².